The average molecular weight is 290 g/mol. The monoisotopic (exact) mass is 290 g/mol. The molecule has 0 aromatic carbocycles. The van der Waals surface area contributed by atoms with Crippen molar-refractivity contribution in [1.29, 1.82) is 0 Å². The molecular weight excluding hydrogens is 264 g/mol. The van der Waals surface area contributed by atoms with E-state index < -0.39 is 0 Å². The molecule has 116 valence electrons. The van der Waals surface area contributed by atoms with Gasteiger partial charge in [-0.05, 0) is 33.1 Å². The summed E-state index contributed by atoms with van der Waals surface area (Å²) in [6.07, 6.45) is 3.79. The number of rotatable bonds is 4. The number of hydrogen-bond acceptors (Lipinski definition) is 3. The second kappa shape index (κ2) is 5.62. The highest BCUT2D eigenvalue weighted by Crippen LogP contribution is 2.24. The highest BCUT2D eigenvalue weighted by molar-refractivity contribution is 5.80. The predicted molar refractivity (Wildman–Crippen MR) is 85.8 cm³/mol. The number of aryl methyl sites for hydroxylation is 1. The van der Waals surface area contributed by atoms with Crippen LogP contribution in [0.2, 0.25) is 0 Å². The van der Waals surface area contributed by atoms with Crippen molar-refractivity contribution < 1.29 is 0 Å². The molecule has 0 amide bonds. The van der Waals surface area contributed by atoms with E-state index in [0.717, 1.165) is 23.9 Å². The van der Waals surface area contributed by atoms with Crippen molar-refractivity contribution in [3.8, 4) is 0 Å². The Morgan fingerprint density at radius 3 is 2.48 bits per heavy atom. The SMILES string of the molecule is CCCCn1nc(C(C)C)c2cnn(C(C)(C)C)c2c1=O. The van der Waals surface area contributed by atoms with E-state index in [0.29, 0.717) is 12.1 Å². The zero-order valence-electron chi connectivity index (χ0n) is 14.0. The smallest absolute Gasteiger partial charge is 0.265 e. The second-order valence-electron chi connectivity index (χ2n) is 6.91. The van der Waals surface area contributed by atoms with Gasteiger partial charge >= 0.3 is 0 Å². The first kappa shape index (κ1) is 15.7. The van der Waals surface area contributed by atoms with Crippen molar-refractivity contribution >= 4 is 10.9 Å². The molecule has 0 N–H and O–H groups in total. The molecule has 0 spiro atoms. The van der Waals surface area contributed by atoms with Crippen LogP contribution in [0.4, 0.5) is 0 Å². The second-order valence-corrected chi connectivity index (χ2v) is 6.91. The number of aromatic nitrogens is 4. The minimum atomic E-state index is -0.223. The van der Waals surface area contributed by atoms with E-state index in [1.807, 2.05) is 4.68 Å². The summed E-state index contributed by atoms with van der Waals surface area (Å²) in [5, 5.41) is 9.93. The Bertz CT molecular complexity index is 689. The van der Waals surface area contributed by atoms with Gasteiger partial charge in [0.1, 0.15) is 5.52 Å². The molecule has 0 saturated heterocycles. The summed E-state index contributed by atoms with van der Waals surface area (Å²) in [6, 6.07) is 0. The van der Waals surface area contributed by atoms with Gasteiger partial charge in [-0.25, -0.2) is 4.68 Å². The summed E-state index contributed by atoms with van der Waals surface area (Å²) >= 11 is 0. The summed E-state index contributed by atoms with van der Waals surface area (Å²) < 4.78 is 3.45. The fourth-order valence-electron chi connectivity index (χ4n) is 2.49. The summed E-state index contributed by atoms with van der Waals surface area (Å²) in [5.41, 5.74) is 1.38. The van der Waals surface area contributed by atoms with Crippen molar-refractivity contribution in [2.24, 2.45) is 0 Å². The lowest BCUT2D eigenvalue weighted by Gasteiger charge is -2.21. The molecule has 0 aliphatic heterocycles. The minimum Gasteiger partial charge on any atom is -0.265 e. The van der Waals surface area contributed by atoms with Crippen molar-refractivity contribution in [1.82, 2.24) is 19.6 Å². The maximum absolute atomic E-state index is 12.8. The van der Waals surface area contributed by atoms with Crippen LogP contribution in [0.15, 0.2) is 11.0 Å². The van der Waals surface area contributed by atoms with E-state index in [1.54, 1.807) is 10.9 Å². The molecule has 2 rings (SSSR count). The largest absolute Gasteiger partial charge is 0.292 e. The zero-order valence-corrected chi connectivity index (χ0v) is 14.0. The standard InChI is InChI=1S/C16H26N4O/c1-7-8-9-19-15(21)14-12(13(18-19)11(2)3)10-17-20(14)16(4,5)6/h10-11H,7-9H2,1-6H3. The lowest BCUT2D eigenvalue weighted by molar-refractivity contribution is 0.366. The first-order valence-corrected chi connectivity index (χ1v) is 7.76. The fourth-order valence-corrected chi connectivity index (χ4v) is 2.49. The maximum Gasteiger partial charge on any atom is 0.292 e. The van der Waals surface area contributed by atoms with Gasteiger partial charge in [-0.1, -0.05) is 27.2 Å². The predicted octanol–water partition coefficient (Wildman–Crippen LogP) is 3.27. The summed E-state index contributed by atoms with van der Waals surface area (Å²) in [7, 11) is 0. The van der Waals surface area contributed by atoms with Gasteiger partial charge in [0, 0.05) is 11.9 Å². The van der Waals surface area contributed by atoms with Crippen LogP contribution in [0.1, 0.15) is 66.0 Å². The van der Waals surface area contributed by atoms with Crippen molar-refractivity contribution in [2.45, 2.75) is 72.4 Å². The van der Waals surface area contributed by atoms with Crippen LogP contribution in [0.25, 0.3) is 10.9 Å². The highest BCUT2D eigenvalue weighted by atomic mass is 16.1. The summed E-state index contributed by atoms with van der Waals surface area (Å²) in [6.45, 7) is 13.2. The van der Waals surface area contributed by atoms with Crippen LogP contribution in [0.3, 0.4) is 0 Å². The molecule has 0 saturated carbocycles. The number of fused-ring (bicyclic) bond motifs is 1. The maximum atomic E-state index is 12.8. The van der Waals surface area contributed by atoms with Crippen molar-refractivity contribution in [3.05, 3.63) is 22.2 Å². The van der Waals surface area contributed by atoms with E-state index >= 15 is 0 Å². The van der Waals surface area contributed by atoms with Crippen LogP contribution in [0.5, 0.6) is 0 Å². The van der Waals surface area contributed by atoms with Gasteiger partial charge in [0.05, 0.1) is 17.4 Å². The molecular formula is C16H26N4O. The first-order chi connectivity index (χ1) is 9.77. The van der Waals surface area contributed by atoms with Crippen molar-refractivity contribution in [3.63, 3.8) is 0 Å². The number of nitrogens with zero attached hydrogens (tertiary/aromatic N) is 4. The van der Waals surface area contributed by atoms with Gasteiger partial charge in [-0.3, -0.25) is 9.48 Å². The molecule has 0 radical (unpaired) electrons. The van der Waals surface area contributed by atoms with E-state index in [4.69, 9.17) is 0 Å². The molecule has 0 fully saturated rings. The van der Waals surface area contributed by atoms with Gasteiger partial charge in [0.15, 0.2) is 0 Å². The first-order valence-electron chi connectivity index (χ1n) is 7.76. The molecule has 5 heteroatoms. The molecule has 5 nitrogen and oxygen atoms in total. The van der Waals surface area contributed by atoms with Crippen LogP contribution in [-0.2, 0) is 12.1 Å². The molecule has 0 aliphatic rings. The zero-order chi connectivity index (χ0) is 15.8. The lowest BCUT2D eigenvalue weighted by Crippen LogP contribution is -2.31. The highest BCUT2D eigenvalue weighted by Gasteiger charge is 2.23. The number of unbranched alkanes of at least 4 members (excludes halogenated alkanes) is 1. The van der Waals surface area contributed by atoms with Crippen LogP contribution in [0, 0.1) is 0 Å². The molecule has 0 atom stereocenters. The Balaban J connectivity index is 2.78. The van der Waals surface area contributed by atoms with Crippen LogP contribution in [-0.4, -0.2) is 19.6 Å². The quantitative estimate of drug-likeness (QED) is 0.868. The fraction of sp³-hybridized carbons (Fsp3) is 0.688. The molecule has 0 unspecified atom stereocenters. The Morgan fingerprint density at radius 2 is 1.95 bits per heavy atom. The molecule has 0 aliphatic carbocycles. The number of hydrogen-bond donors (Lipinski definition) is 0. The van der Waals surface area contributed by atoms with E-state index in [2.05, 4.69) is 51.7 Å². The van der Waals surface area contributed by atoms with Gasteiger partial charge < -0.3 is 0 Å². The Kier molecular flexibility index (Phi) is 4.21. The minimum absolute atomic E-state index is 0.0322. The molecule has 0 bridgehead atoms. The van der Waals surface area contributed by atoms with Crippen LogP contribution >= 0.6 is 0 Å². The van der Waals surface area contributed by atoms with Gasteiger partial charge in [-0.2, -0.15) is 10.2 Å². The van der Waals surface area contributed by atoms with E-state index in [-0.39, 0.29) is 17.0 Å². The summed E-state index contributed by atoms with van der Waals surface area (Å²) in [4.78, 5) is 12.8. The Morgan fingerprint density at radius 1 is 1.29 bits per heavy atom. The Labute approximate surface area is 126 Å². The Hall–Kier alpha value is -1.65. The van der Waals surface area contributed by atoms with Crippen LogP contribution < -0.4 is 5.56 Å². The summed E-state index contributed by atoms with van der Waals surface area (Å²) in [5.74, 6) is 0.263. The normalized spacial score (nSPS) is 12.5. The molecule has 2 aromatic heterocycles. The van der Waals surface area contributed by atoms with Gasteiger partial charge in [0.25, 0.3) is 5.56 Å². The molecule has 2 aromatic rings. The van der Waals surface area contributed by atoms with E-state index in [1.165, 1.54) is 0 Å². The molecule has 2 heterocycles. The molecule has 21 heavy (non-hydrogen) atoms. The third-order valence-corrected chi connectivity index (χ3v) is 3.62. The lowest BCUT2D eigenvalue weighted by atomic mass is 10.1. The topological polar surface area (TPSA) is 52.7 Å². The van der Waals surface area contributed by atoms with E-state index in [9.17, 15) is 4.79 Å². The van der Waals surface area contributed by atoms with Crippen molar-refractivity contribution in [2.75, 3.05) is 0 Å². The average Bonchev–Trinajstić information content (AvgIpc) is 2.82. The van der Waals surface area contributed by atoms with Gasteiger partial charge in [0.2, 0.25) is 0 Å². The third kappa shape index (κ3) is 2.87. The van der Waals surface area contributed by atoms with Gasteiger partial charge in [-0.15, -0.1) is 0 Å². The third-order valence-electron chi connectivity index (χ3n) is 3.62.